The van der Waals surface area contributed by atoms with E-state index in [9.17, 15) is 14.4 Å². The fourth-order valence-corrected chi connectivity index (χ4v) is 4.15. The first-order valence-corrected chi connectivity index (χ1v) is 9.89. The van der Waals surface area contributed by atoms with Gasteiger partial charge in [-0.1, -0.05) is 35.6 Å². The maximum atomic E-state index is 12.8. The number of nitrogens with zero attached hydrogens (tertiary/aromatic N) is 3. The molecule has 0 bridgehead atoms. The lowest BCUT2D eigenvalue weighted by Gasteiger charge is -2.21. The third-order valence-electron chi connectivity index (χ3n) is 4.50. The van der Waals surface area contributed by atoms with Crippen molar-refractivity contribution in [3.8, 4) is 0 Å². The van der Waals surface area contributed by atoms with Crippen LogP contribution < -0.4 is 15.1 Å². The second kappa shape index (κ2) is 7.84. The fourth-order valence-electron chi connectivity index (χ4n) is 3.11. The molecule has 29 heavy (non-hydrogen) atoms. The largest absolute Gasteiger partial charge is 0.326 e. The lowest BCUT2D eigenvalue weighted by atomic mass is 10.3. The smallest absolute Gasteiger partial charge is 0.307 e. The minimum atomic E-state index is -0.287. The molecule has 1 aromatic heterocycles. The highest BCUT2D eigenvalue weighted by molar-refractivity contribution is 7.22. The van der Waals surface area contributed by atoms with Crippen LogP contribution in [0.3, 0.4) is 0 Å². The Morgan fingerprint density at radius 2 is 1.90 bits per heavy atom. The van der Waals surface area contributed by atoms with Crippen LogP contribution in [-0.2, 0) is 9.59 Å². The quantitative estimate of drug-likeness (QED) is 0.509. The molecule has 3 aromatic rings. The maximum Gasteiger partial charge on any atom is 0.326 e. The molecule has 1 N–H and O–H groups in total. The molecule has 0 saturated carbocycles. The van der Waals surface area contributed by atoms with Gasteiger partial charge in [-0.2, -0.15) is 0 Å². The Kier molecular flexibility index (Phi) is 5.09. The van der Waals surface area contributed by atoms with Crippen molar-refractivity contribution in [2.75, 3.05) is 21.7 Å². The second-order valence-electron chi connectivity index (χ2n) is 6.47. The number of rotatable bonds is 5. The third-order valence-corrected chi connectivity index (χ3v) is 5.50. The Bertz CT molecular complexity index is 1090. The number of imide groups is 1. The number of para-hydroxylation sites is 1. The number of aromatic nitrogens is 1. The second-order valence-corrected chi connectivity index (χ2v) is 7.48. The number of urea groups is 1. The molecule has 1 saturated heterocycles. The van der Waals surface area contributed by atoms with Crippen LogP contribution in [0, 0.1) is 0 Å². The van der Waals surface area contributed by atoms with Crippen molar-refractivity contribution in [1.29, 1.82) is 0 Å². The molecule has 0 atom stereocenters. The molecule has 1 aliphatic heterocycles. The Labute approximate surface area is 171 Å². The summed E-state index contributed by atoms with van der Waals surface area (Å²) in [5.41, 5.74) is 2.03. The molecule has 0 radical (unpaired) electrons. The van der Waals surface area contributed by atoms with Crippen molar-refractivity contribution >= 4 is 55.9 Å². The van der Waals surface area contributed by atoms with Crippen LogP contribution in [0.5, 0.6) is 0 Å². The minimum Gasteiger partial charge on any atom is -0.307 e. The van der Waals surface area contributed by atoms with Crippen LogP contribution in [0.2, 0.25) is 0 Å². The lowest BCUT2D eigenvalue weighted by Crippen LogP contribution is -2.35. The zero-order valence-electron chi connectivity index (χ0n) is 15.5. The number of carbonyl (C=O) groups excluding carboxylic acids is 3. The van der Waals surface area contributed by atoms with E-state index in [1.807, 2.05) is 30.3 Å². The van der Waals surface area contributed by atoms with Crippen molar-refractivity contribution in [2.45, 2.75) is 12.8 Å². The molecule has 1 fully saturated rings. The molecule has 0 spiro atoms. The number of carbonyl (C=O) groups is 3. The standard InChI is InChI=1S/C21H18N4O3S/c1-2-12-24(15-6-4-3-5-7-15)20(28)22-14-8-9-16-17(13-14)29-21(23-16)25-18(26)10-11-19(25)27/h2-9,13H,1,10-12H2,(H,22,28). The van der Waals surface area contributed by atoms with Gasteiger partial charge in [-0.05, 0) is 30.3 Å². The molecule has 8 heteroatoms. The SMILES string of the molecule is C=CCN(C(=O)Nc1ccc2nc(N3C(=O)CCC3=O)sc2c1)c1ccccc1. The van der Waals surface area contributed by atoms with E-state index >= 15 is 0 Å². The Balaban J connectivity index is 1.58. The summed E-state index contributed by atoms with van der Waals surface area (Å²) in [6.07, 6.45) is 2.10. The van der Waals surface area contributed by atoms with E-state index in [0.717, 1.165) is 15.3 Å². The van der Waals surface area contributed by atoms with Crippen LogP contribution in [0.4, 0.5) is 21.3 Å². The Hall–Kier alpha value is -3.52. The minimum absolute atomic E-state index is 0.217. The topological polar surface area (TPSA) is 82.6 Å². The first-order valence-electron chi connectivity index (χ1n) is 9.07. The number of amides is 4. The predicted molar refractivity (Wildman–Crippen MR) is 114 cm³/mol. The molecule has 2 aromatic carbocycles. The van der Waals surface area contributed by atoms with E-state index in [4.69, 9.17) is 0 Å². The number of hydrogen-bond donors (Lipinski definition) is 1. The molecule has 7 nitrogen and oxygen atoms in total. The van der Waals surface area contributed by atoms with E-state index in [2.05, 4.69) is 16.9 Å². The summed E-state index contributed by atoms with van der Waals surface area (Å²) < 4.78 is 0.778. The number of anilines is 3. The number of hydrogen-bond acceptors (Lipinski definition) is 5. The molecule has 4 amide bonds. The van der Waals surface area contributed by atoms with Gasteiger partial charge >= 0.3 is 6.03 Å². The van der Waals surface area contributed by atoms with Crippen molar-refractivity contribution in [3.63, 3.8) is 0 Å². The number of benzene rings is 2. The highest BCUT2D eigenvalue weighted by atomic mass is 32.1. The van der Waals surface area contributed by atoms with E-state index in [-0.39, 0.29) is 30.7 Å². The molecular formula is C21H18N4O3S. The van der Waals surface area contributed by atoms with Crippen LogP contribution in [0.1, 0.15) is 12.8 Å². The average molecular weight is 406 g/mol. The van der Waals surface area contributed by atoms with Crippen molar-refractivity contribution in [3.05, 3.63) is 61.2 Å². The number of nitrogens with one attached hydrogen (secondary N) is 1. The molecule has 0 unspecified atom stereocenters. The summed E-state index contributed by atoms with van der Waals surface area (Å²) >= 11 is 1.25. The van der Waals surface area contributed by atoms with Gasteiger partial charge in [-0.25, -0.2) is 14.7 Å². The van der Waals surface area contributed by atoms with Crippen LogP contribution >= 0.6 is 11.3 Å². The number of thiazole rings is 1. The van der Waals surface area contributed by atoms with Gasteiger partial charge in [0.05, 0.1) is 10.2 Å². The molecular weight excluding hydrogens is 388 g/mol. The fraction of sp³-hybridized carbons (Fsp3) is 0.143. The average Bonchev–Trinajstić information content (AvgIpc) is 3.28. The van der Waals surface area contributed by atoms with Crippen LogP contribution in [-0.4, -0.2) is 29.4 Å². The van der Waals surface area contributed by atoms with Crippen molar-refractivity contribution in [2.24, 2.45) is 0 Å². The van der Waals surface area contributed by atoms with Gasteiger partial charge in [-0.15, -0.1) is 6.58 Å². The molecule has 146 valence electrons. The van der Waals surface area contributed by atoms with Crippen LogP contribution in [0.25, 0.3) is 10.2 Å². The van der Waals surface area contributed by atoms with Gasteiger partial charge in [0, 0.05) is 30.8 Å². The van der Waals surface area contributed by atoms with Gasteiger partial charge in [0.1, 0.15) is 0 Å². The van der Waals surface area contributed by atoms with Gasteiger partial charge in [0.15, 0.2) is 5.13 Å². The van der Waals surface area contributed by atoms with Crippen molar-refractivity contribution in [1.82, 2.24) is 4.98 Å². The highest BCUT2D eigenvalue weighted by Crippen LogP contribution is 2.33. The van der Waals surface area contributed by atoms with Crippen molar-refractivity contribution < 1.29 is 14.4 Å². The summed E-state index contributed by atoms with van der Waals surface area (Å²) in [5, 5.41) is 3.25. The monoisotopic (exact) mass is 406 g/mol. The Morgan fingerprint density at radius 1 is 1.17 bits per heavy atom. The van der Waals surface area contributed by atoms with Gasteiger partial charge in [0.25, 0.3) is 0 Å². The summed E-state index contributed by atoms with van der Waals surface area (Å²) in [6.45, 7) is 4.08. The van der Waals surface area contributed by atoms with Gasteiger partial charge < -0.3 is 5.32 Å². The summed E-state index contributed by atoms with van der Waals surface area (Å²) in [4.78, 5) is 43.8. The summed E-state index contributed by atoms with van der Waals surface area (Å²) in [6, 6.07) is 14.3. The predicted octanol–water partition coefficient (Wildman–Crippen LogP) is 4.17. The van der Waals surface area contributed by atoms with E-state index < -0.39 is 0 Å². The summed E-state index contributed by atoms with van der Waals surface area (Å²) in [5.74, 6) is -0.462. The lowest BCUT2D eigenvalue weighted by molar-refractivity contribution is -0.121. The van der Waals surface area contributed by atoms with Gasteiger partial charge in [0.2, 0.25) is 11.8 Å². The number of fused-ring (bicyclic) bond motifs is 1. The zero-order valence-corrected chi connectivity index (χ0v) is 16.3. The first kappa shape index (κ1) is 18.8. The normalized spacial score (nSPS) is 13.7. The molecule has 2 heterocycles. The zero-order chi connectivity index (χ0) is 20.4. The van der Waals surface area contributed by atoms with Gasteiger partial charge in [-0.3, -0.25) is 14.5 Å². The van der Waals surface area contributed by atoms with E-state index in [1.165, 1.54) is 11.3 Å². The Morgan fingerprint density at radius 3 is 2.59 bits per heavy atom. The molecule has 4 rings (SSSR count). The third kappa shape index (κ3) is 3.74. The molecule has 1 aliphatic rings. The van der Waals surface area contributed by atoms with Crippen LogP contribution in [0.15, 0.2) is 61.2 Å². The van der Waals surface area contributed by atoms with E-state index in [0.29, 0.717) is 22.9 Å². The molecule has 0 aliphatic carbocycles. The highest BCUT2D eigenvalue weighted by Gasteiger charge is 2.32. The first-order chi connectivity index (χ1) is 14.1. The summed E-state index contributed by atoms with van der Waals surface area (Å²) in [7, 11) is 0. The maximum absolute atomic E-state index is 12.8. The van der Waals surface area contributed by atoms with E-state index in [1.54, 1.807) is 29.2 Å².